The summed E-state index contributed by atoms with van der Waals surface area (Å²) in [5, 5.41) is 0. The summed E-state index contributed by atoms with van der Waals surface area (Å²) in [5.41, 5.74) is 0. The Kier molecular flexibility index (Phi) is 5.16. The van der Waals surface area contributed by atoms with E-state index >= 15 is 0 Å². The third kappa shape index (κ3) is 6.60. The average molecular weight is 183 g/mol. The second-order valence-corrected chi connectivity index (χ2v) is 3.13. The molecule has 0 aliphatic heterocycles. The topological polar surface area (TPSA) is 46.5 Å². The van der Waals surface area contributed by atoms with Crippen LogP contribution in [-0.2, 0) is 28.3 Å². The Hall–Kier alpha value is 0.603. The number of hydrogen-bond donors (Lipinski definition) is 1. The van der Waals surface area contributed by atoms with Crippen molar-refractivity contribution < 1.29 is 31.4 Å². The Morgan fingerprint density at radius 3 is 2.57 bits per heavy atom. The molecule has 0 bridgehead atoms. The van der Waals surface area contributed by atoms with Gasteiger partial charge < -0.3 is 0 Å². The minimum atomic E-state index is -3.39. The zero-order valence-corrected chi connectivity index (χ0v) is 6.64. The van der Waals surface area contributed by atoms with E-state index in [0.717, 1.165) is 6.42 Å². The molecule has 0 radical (unpaired) electrons. The second-order valence-electron chi connectivity index (χ2n) is 1.11. The first-order chi connectivity index (χ1) is 3.27. The molecular weight excluding hydrogens is 175 g/mol. The van der Waals surface area contributed by atoms with E-state index in [1.165, 1.54) is 0 Å². The van der Waals surface area contributed by atoms with Crippen LogP contribution in [0.25, 0.3) is 0 Å². The van der Waals surface area contributed by atoms with E-state index in [1.54, 1.807) is 0 Å². The molecule has 0 aromatic rings. The van der Waals surface area contributed by atoms with Gasteiger partial charge in [-0.1, -0.05) is 0 Å². The van der Waals surface area contributed by atoms with Crippen LogP contribution in [0, 0.1) is 0 Å². The van der Waals surface area contributed by atoms with E-state index in [-0.39, 0.29) is 0 Å². The fraction of sp³-hybridized carbons (Fsp3) is 1.00. The Balaban J connectivity index is 2.82. The van der Waals surface area contributed by atoms with Crippen LogP contribution in [-0.4, -0.2) is 9.79 Å². The van der Waals surface area contributed by atoms with Gasteiger partial charge in [-0.05, 0) is 0 Å². The Labute approximate surface area is 51.7 Å². The van der Waals surface area contributed by atoms with Crippen LogP contribution in [0.2, 0.25) is 0 Å². The molecular formula is C3H8O3Zr. The van der Waals surface area contributed by atoms with Gasteiger partial charge in [-0.3, -0.25) is 0 Å². The maximum absolute atomic E-state index is 9.82. The van der Waals surface area contributed by atoms with Crippen molar-refractivity contribution in [1.82, 2.24) is 0 Å². The van der Waals surface area contributed by atoms with Gasteiger partial charge in [-0.15, -0.1) is 0 Å². The summed E-state index contributed by atoms with van der Waals surface area (Å²) < 4.78 is 22.3. The molecule has 0 aromatic carbocycles. The van der Waals surface area contributed by atoms with Gasteiger partial charge in [0, 0.05) is 0 Å². The van der Waals surface area contributed by atoms with Crippen molar-refractivity contribution in [1.29, 1.82) is 0 Å². The molecule has 7 heavy (non-hydrogen) atoms. The summed E-state index contributed by atoms with van der Waals surface area (Å²) in [6.07, 6.45) is 0.812. The summed E-state index contributed by atoms with van der Waals surface area (Å²) >= 11 is -3.39. The molecule has 0 saturated heterocycles. The van der Waals surface area contributed by atoms with Crippen LogP contribution in [0.5, 0.6) is 0 Å². The molecule has 0 unspecified atom stereocenters. The molecule has 0 aromatic heterocycles. The quantitative estimate of drug-likeness (QED) is 0.680. The fourth-order valence-corrected chi connectivity index (χ4v) is 1.12. The normalized spacial score (nSPS) is 8.86. The fourth-order valence-electron chi connectivity index (χ4n) is 0.189. The van der Waals surface area contributed by atoms with Gasteiger partial charge in [0.25, 0.3) is 0 Å². The zero-order chi connectivity index (χ0) is 5.70. The first-order valence-electron chi connectivity index (χ1n) is 2.13. The summed E-state index contributed by atoms with van der Waals surface area (Å²) in [4.78, 5) is 0. The van der Waals surface area contributed by atoms with E-state index in [4.69, 9.17) is 3.18 Å². The van der Waals surface area contributed by atoms with E-state index in [2.05, 4.69) is 2.81 Å². The molecule has 0 spiro atoms. The van der Waals surface area contributed by atoms with Crippen molar-refractivity contribution >= 4 is 0 Å². The molecule has 1 N–H and O–H groups in total. The van der Waals surface area contributed by atoms with Crippen molar-refractivity contribution in [3.63, 3.8) is 0 Å². The Morgan fingerprint density at radius 1 is 1.86 bits per heavy atom. The van der Waals surface area contributed by atoms with E-state index in [0.29, 0.717) is 6.61 Å². The van der Waals surface area contributed by atoms with Gasteiger partial charge in [0.15, 0.2) is 0 Å². The summed E-state index contributed by atoms with van der Waals surface area (Å²) in [5.74, 6) is 0. The molecule has 0 rings (SSSR count). The molecule has 42 valence electrons. The molecule has 0 aliphatic rings. The number of hydrogen-bond acceptors (Lipinski definition) is 2. The summed E-state index contributed by atoms with van der Waals surface area (Å²) in [6, 6.07) is 0. The van der Waals surface area contributed by atoms with Gasteiger partial charge in [0.2, 0.25) is 0 Å². The molecule has 0 saturated carbocycles. The molecule has 0 atom stereocenters. The zero-order valence-electron chi connectivity index (χ0n) is 4.18. The van der Waals surface area contributed by atoms with E-state index in [9.17, 15) is 2.81 Å². The van der Waals surface area contributed by atoms with Crippen LogP contribution < -0.4 is 0 Å². The summed E-state index contributed by atoms with van der Waals surface area (Å²) in [7, 11) is 0. The first kappa shape index (κ1) is 7.60. The van der Waals surface area contributed by atoms with Crippen LogP contribution in [0.15, 0.2) is 0 Å². The van der Waals surface area contributed by atoms with Crippen molar-refractivity contribution in [2.75, 3.05) is 6.61 Å². The van der Waals surface area contributed by atoms with E-state index in [1.807, 2.05) is 6.92 Å². The average Bonchev–Trinajstić information content (AvgIpc) is 1.61. The van der Waals surface area contributed by atoms with Crippen LogP contribution in [0.1, 0.15) is 13.3 Å². The van der Waals surface area contributed by atoms with Gasteiger partial charge >= 0.3 is 51.4 Å². The Morgan fingerprint density at radius 2 is 2.43 bits per heavy atom. The van der Waals surface area contributed by atoms with Crippen molar-refractivity contribution in [2.24, 2.45) is 0 Å². The van der Waals surface area contributed by atoms with Crippen molar-refractivity contribution in [2.45, 2.75) is 13.3 Å². The summed E-state index contributed by atoms with van der Waals surface area (Å²) in [6.45, 7) is 2.32. The first-order valence-corrected chi connectivity index (χ1v) is 5.23. The van der Waals surface area contributed by atoms with E-state index < -0.39 is 22.6 Å². The van der Waals surface area contributed by atoms with Crippen LogP contribution >= 0.6 is 0 Å². The molecule has 0 amide bonds. The van der Waals surface area contributed by atoms with Gasteiger partial charge in [-0.25, -0.2) is 0 Å². The minimum absolute atomic E-state index is 0.425. The molecule has 0 fully saturated rings. The third-order valence-electron chi connectivity index (χ3n) is 0.430. The van der Waals surface area contributed by atoms with Crippen molar-refractivity contribution in [3.05, 3.63) is 0 Å². The standard InChI is InChI=1S/C3H7O.H2O.O.Zr/c1-2-3-4;;;/h2-3H2,1H3;1H2;;/q-1;;;+2/p-1. The molecule has 0 heterocycles. The predicted octanol–water partition coefficient (Wildman–Crippen LogP) is 0.199. The molecule has 3 nitrogen and oxygen atoms in total. The van der Waals surface area contributed by atoms with Gasteiger partial charge in [0.05, 0.1) is 0 Å². The Bertz CT molecular complexity index is 63.2. The third-order valence-corrected chi connectivity index (χ3v) is 1.54. The SMILES string of the molecule is CCC[O][Zr](=[O])[OH]. The van der Waals surface area contributed by atoms with Crippen LogP contribution in [0.3, 0.4) is 0 Å². The van der Waals surface area contributed by atoms with Crippen molar-refractivity contribution in [3.8, 4) is 0 Å². The van der Waals surface area contributed by atoms with Crippen LogP contribution in [0.4, 0.5) is 0 Å². The monoisotopic (exact) mass is 182 g/mol. The molecule has 0 aliphatic carbocycles. The predicted molar refractivity (Wildman–Crippen MR) is 19.1 cm³/mol. The van der Waals surface area contributed by atoms with Gasteiger partial charge in [-0.2, -0.15) is 0 Å². The van der Waals surface area contributed by atoms with Gasteiger partial charge in [0.1, 0.15) is 0 Å². The molecule has 4 heteroatoms. The number of rotatable bonds is 3. The second kappa shape index (κ2) is 4.75. The maximum atomic E-state index is 9.82.